The summed E-state index contributed by atoms with van der Waals surface area (Å²) in [6, 6.07) is 0. The molecule has 0 unspecified atom stereocenters. The second-order valence-corrected chi connectivity index (χ2v) is 3.51. The molecule has 5 nitrogen and oxygen atoms in total. The van der Waals surface area contributed by atoms with Crippen LogP contribution in [0.4, 0.5) is 0 Å². The van der Waals surface area contributed by atoms with Gasteiger partial charge in [0.1, 0.15) is 5.69 Å². The largest absolute Gasteiger partial charge is 0.383 e. The van der Waals surface area contributed by atoms with Gasteiger partial charge in [0.2, 0.25) is 5.78 Å². The van der Waals surface area contributed by atoms with Crippen LogP contribution in [-0.2, 0) is 6.42 Å². The minimum atomic E-state index is -0.0683. The Morgan fingerprint density at radius 2 is 2.14 bits per heavy atom. The predicted molar refractivity (Wildman–Crippen MR) is 48.7 cm³/mol. The van der Waals surface area contributed by atoms with E-state index in [9.17, 15) is 4.79 Å². The first-order valence-corrected chi connectivity index (χ1v) is 4.41. The van der Waals surface area contributed by atoms with E-state index in [1.807, 2.05) is 25.2 Å². The highest BCUT2D eigenvalue weighted by molar-refractivity contribution is 6.08. The van der Waals surface area contributed by atoms with Crippen molar-refractivity contribution in [3.05, 3.63) is 23.2 Å². The summed E-state index contributed by atoms with van der Waals surface area (Å²) in [4.78, 5) is 13.6. The van der Waals surface area contributed by atoms with Gasteiger partial charge in [0, 0.05) is 25.9 Å². The maximum absolute atomic E-state index is 11.8. The predicted octanol–water partition coefficient (Wildman–Crippen LogP) is 0.644. The molecule has 0 bridgehead atoms. The van der Waals surface area contributed by atoms with Gasteiger partial charge in [-0.3, -0.25) is 4.79 Å². The van der Waals surface area contributed by atoms with Crippen molar-refractivity contribution in [2.45, 2.75) is 12.8 Å². The molecule has 1 aromatic rings. The maximum atomic E-state index is 11.8. The van der Waals surface area contributed by atoms with Gasteiger partial charge in [-0.1, -0.05) is 5.16 Å². The third-order valence-corrected chi connectivity index (χ3v) is 2.11. The molecular formula is C9H11N3O2. The van der Waals surface area contributed by atoms with Crippen molar-refractivity contribution in [2.24, 2.45) is 0 Å². The zero-order valence-electron chi connectivity index (χ0n) is 8.15. The number of carbonyl (C=O) groups is 1. The highest BCUT2D eigenvalue weighted by atomic mass is 16.6. The van der Waals surface area contributed by atoms with E-state index in [2.05, 4.69) is 14.9 Å². The molecule has 0 amide bonds. The van der Waals surface area contributed by atoms with Crippen molar-refractivity contribution in [2.75, 3.05) is 14.1 Å². The third kappa shape index (κ3) is 1.41. The van der Waals surface area contributed by atoms with Crippen LogP contribution in [0.1, 0.15) is 22.6 Å². The van der Waals surface area contributed by atoms with Crippen LogP contribution in [-0.4, -0.2) is 35.1 Å². The lowest BCUT2D eigenvalue weighted by Crippen LogP contribution is -2.16. The molecule has 1 heterocycles. The minimum absolute atomic E-state index is 0.0683. The van der Waals surface area contributed by atoms with Crippen LogP contribution < -0.4 is 0 Å². The molecule has 0 fully saturated rings. The summed E-state index contributed by atoms with van der Waals surface area (Å²) >= 11 is 0. The van der Waals surface area contributed by atoms with Gasteiger partial charge in [-0.25, -0.2) is 4.63 Å². The van der Waals surface area contributed by atoms with E-state index >= 15 is 0 Å². The van der Waals surface area contributed by atoms with Crippen molar-refractivity contribution in [3.8, 4) is 0 Å². The lowest BCUT2D eigenvalue weighted by atomic mass is 9.95. The van der Waals surface area contributed by atoms with Crippen LogP contribution in [0.3, 0.4) is 0 Å². The zero-order chi connectivity index (χ0) is 10.1. The fourth-order valence-corrected chi connectivity index (χ4v) is 1.50. The van der Waals surface area contributed by atoms with Gasteiger partial charge in [-0.05, 0) is 18.0 Å². The van der Waals surface area contributed by atoms with Gasteiger partial charge >= 0.3 is 0 Å². The summed E-state index contributed by atoms with van der Waals surface area (Å²) in [6.45, 7) is 0. The van der Waals surface area contributed by atoms with Gasteiger partial charge in [0.15, 0.2) is 5.69 Å². The highest BCUT2D eigenvalue weighted by Gasteiger charge is 2.26. The standard InChI is InChI=1S/C9H11N3O2/c1-12(2)5-6-3-4-7-8(9(6)13)11-14-10-7/h5H,3-4H2,1-2H3/b6-5+. The molecule has 0 saturated heterocycles. The molecule has 5 heteroatoms. The second-order valence-electron chi connectivity index (χ2n) is 3.51. The summed E-state index contributed by atoms with van der Waals surface area (Å²) in [6.07, 6.45) is 3.25. The number of allylic oxidation sites excluding steroid dienone is 1. The molecule has 0 saturated carbocycles. The number of fused-ring (bicyclic) bond motifs is 1. The smallest absolute Gasteiger partial charge is 0.214 e. The third-order valence-electron chi connectivity index (χ3n) is 2.11. The Morgan fingerprint density at radius 3 is 2.86 bits per heavy atom. The van der Waals surface area contributed by atoms with Crippen molar-refractivity contribution in [1.82, 2.24) is 15.2 Å². The molecule has 0 N–H and O–H groups in total. The second kappa shape index (κ2) is 3.25. The van der Waals surface area contributed by atoms with Gasteiger partial charge in [-0.2, -0.15) is 0 Å². The molecular weight excluding hydrogens is 182 g/mol. The van der Waals surface area contributed by atoms with E-state index in [4.69, 9.17) is 0 Å². The number of nitrogens with zero attached hydrogens (tertiary/aromatic N) is 3. The summed E-state index contributed by atoms with van der Waals surface area (Å²) in [7, 11) is 3.77. The van der Waals surface area contributed by atoms with E-state index in [1.54, 1.807) is 0 Å². The average Bonchev–Trinajstić information content (AvgIpc) is 2.57. The zero-order valence-corrected chi connectivity index (χ0v) is 8.15. The molecule has 2 rings (SSSR count). The molecule has 0 aliphatic heterocycles. The molecule has 74 valence electrons. The lowest BCUT2D eigenvalue weighted by Gasteiger charge is -2.13. The van der Waals surface area contributed by atoms with Crippen LogP contribution in [0, 0.1) is 0 Å². The van der Waals surface area contributed by atoms with Crippen molar-refractivity contribution in [3.63, 3.8) is 0 Å². The average molecular weight is 193 g/mol. The van der Waals surface area contributed by atoms with Crippen LogP contribution in [0.5, 0.6) is 0 Å². The Morgan fingerprint density at radius 1 is 1.36 bits per heavy atom. The molecule has 0 atom stereocenters. The van der Waals surface area contributed by atoms with Crippen molar-refractivity contribution in [1.29, 1.82) is 0 Å². The van der Waals surface area contributed by atoms with Crippen LogP contribution in [0.15, 0.2) is 16.4 Å². The maximum Gasteiger partial charge on any atom is 0.214 e. The van der Waals surface area contributed by atoms with Gasteiger partial charge in [0.25, 0.3) is 0 Å². The summed E-state index contributed by atoms with van der Waals surface area (Å²) in [5, 5.41) is 7.27. The number of hydrogen-bond donors (Lipinski definition) is 0. The molecule has 0 aromatic carbocycles. The molecule has 14 heavy (non-hydrogen) atoms. The fourth-order valence-electron chi connectivity index (χ4n) is 1.50. The Bertz CT molecular complexity index is 393. The first-order valence-electron chi connectivity index (χ1n) is 4.41. The Balaban J connectivity index is 2.34. The summed E-state index contributed by atoms with van der Waals surface area (Å²) < 4.78 is 4.53. The van der Waals surface area contributed by atoms with E-state index < -0.39 is 0 Å². The quantitative estimate of drug-likeness (QED) is 0.613. The van der Waals surface area contributed by atoms with Gasteiger partial charge < -0.3 is 4.90 Å². The highest BCUT2D eigenvalue weighted by Crippen LogP contribution is 2.22. The van der Waals surface area contributed by atoms with Crippen molar-refractivity contribution < 1.29 is 9.42 Å². The number of Topliss-reactive ketones (excluding diaryl/α,β-unsaturated/α-hetero) is 1. The number of rotatable bonds is 1. The molecule has 1 aromatic heterocycles. The lowest BCUT2D eigenvalue weighted by molar-refractivity contribution is 0.101. The monoisotopic (exact) mass is 193 g/mol. The number of hydrogen-bond acceptors (Lipinski definition) is 5. The number of aromatic nitrogens is 2. The molecule has 0 spiro atoms. The first-order chi connectivity index (χ1) is 6.68. The van der Waals surface area contributed by atoms with Crippen LogP contribution in [0.2, 0.25) is 0 Å². The van der Waals surface area contributed by atoms with Gasteiger partial charge in [0.05, 0.1) is 0 Å². The topological polar surface area (TPSA) is 59.2 Å². The molecule has 0 radical (unpaired) electrons. The minimum Gasteiger partial charge on any atom is -0.383 e. The Labute approximate surface area is 81.3 Å². The summed E-state index contributed by atoms with van der Waals surface area (Å²) in [5.41, 5.74) is 1.80. The normalized spacial score (nSPS) is 18.4. The number of aryl methyl sites for hydroxylation is 1. The van der Waals surface area contributed by atoms with E-state index in [0.29, 0.717) is 17.8 Å². The van der Waals surface area contributed by atoms with E-state index in [-0.39, 0.29) is 5.78 Å². The van der Waals surface area contributed by atoms with E-state index in [0.717, 1.165) is 12.0 Å². The molecule has 1 aliphatic rings. The number of carbonyl (C=O) groups excluding carboxylic acids is 1. The SMILES string of the molecule is CN(C)/C=C1\CCc2nonc2C1=O. The van der Waals surface area contributed by atoms with Gasteiger partial charge in [-0.15, -0.1) is 0 Å². The van der Waals surface area contributed by atoms with Crippen LogP contribution in [0.25, 0.3) is 0 Å². The Kier molecular flexibility index (Phi) is 2.07. The fraction of sp³-hybridized carbons (Fsp3) is 0.444. The number of ketones is 1. The molecule has 1 aliphatic carbocycles. The first kappa shape index (κ1) is 8.93. The Hall–Kier alpha value is -1.65. The van der Waals surface area contributed by atoms with E-state index in [1.165, 1.54) is 0 Å². The van der Waals surface area contributed by atoms with Crippen LogP contribution >= 0.6 is 0 Å². The van der Waals surface area contributed by atoms with Crippen molar-refractivity contribution >= 4 is 5.78 Å². The summed E-state index contributed by atoms with van der Waals surface area (Å²) in [5.74, 6) is -0.0683.